The molecule has 0 aromatic carbocycles. The fourth-order valence-corrected chi connectivity index (χ4v) is 0.960. The molecular formula is C8H18N2. The second kappa shape index (κ2) is 4.20. The predicted molar refractivity (Wildman–Crippen MR) is 45.7 cm³/mol. The number of allylic oxidation sites excluding steroid dienone is 1. The average molecular weight is 142 g/mol. The van der Waals surface area contributed by atoms with Gasteiger partial charge in [0.2, 0.25) is 0 Å². The lowest BCUT2D eigenvalue weighted by atomic mass is 10.1. The SMILES string of the molecule is CN/C=C(/C(C)C)N(C)C. The largest absolute Gasteiger partial charge is 0.393 e. The Kier molecular flexibility index (Phi) is 3.93. The summed E-state index contributed by atoms with van der Waals surface area (Å²) in [6.07, 6.45) is 2.03. The second-order valence-corrected chi connectivity index (χ2v) is 2.91. The molecule has 0 aromatic heterocycles. The Morgan fingerprint density at radius 1 is 1.40 bits per heavy atom. The molecular weight excluding hydrogens is 124 g/mol. The summed E-state index contributed by atoms with van der Waals surface area (Å²) in [4.78, 5) is 2.13. The molecule has 0 amide bonds. The standard InChI is InChI=1S/C8H18N2/c1-7(2)8(6-9-3)10(4)5/h6-7,9H,1-5H3/b8-6-. The van der Waals surface area contributed by atoms with Crippen LogP contribution >= 0.6 is 0 Å². The summed E-state index contributed by atoms with van der Waals surface area (Å²) in [5, 5.41) is 3.03. The van der Waals surface area contributed by atoms with Gasteiger partial charge in [0.15, 0.2) is 0 Å². The first kappa shape index (κ1) is 9.34. The molecule has 0 aliphatic heterocycles. The number of nitrogens with zero attached hydrogens (tertiary/aromatic N) is 1. The van der Waals surface area contributed by atoms with Gasteiger partial charge in [0.05, 0.1) is 0 Å². The van der Waals surface area contributed by atoms with Gasteiger partial charge in [0.1, 0.15) is 0 Å². The van der Waals surface area contributed by atoms with Crippen LogP contribution in [0.1, 0.15) is 13.8 Å². The van der Waals surface area contributed by atoms with Gasteiger partial charge in [-0.05, 0) is 5.92 Å². The van der Waals surface area contributed by atoms with Crippen molar-refractivity contribution in [1.29, 1.82) is 0 Å². The van der Waals surface area contributed by atoms with Gasteiger partial charge in [-0.25, -0.2) is 0 Å². The van der Waals surface area contributed by atoms with Crippen LogP contribution in [0, 0.1) is 5.92 Å². The van der Waals surface area contributed by atoms with Crippen LogP contribution in [-0.4, -0.2) is 26.0 Å². The quantitative estimate of drug-likeness (QED) is 0.638. The number of nitrogens with one attached hydrogen (secondary N) is 1. The van der Waals surface area contributed by atoms with Crippen LogP contribution in [-0.2, 0) is 0 Å². The van der Waals surface area contributed by atoms with Gasteiger partial charge in [-0.3, -0.25) is 0 Å². The Bertz CT molecular complexity index is 104. The zero-order valence-corrected chi connectivity index (χ0v) is 7.60. The van der Waals surface area contributed by atoms with Crippen LogP contribution in [0.25, 0.3) is 0 Å². The lowest BCUT2D eigenvalue weighted by Gasteiger charge is -2.20. The van der Waals surface area contributed by atoms with E-state index in [0.717, 1.165) is 0 Å². The fraction of sp³-hybridized carbons (Fsp3) is 0.750. The highest BCUT2D eigenvalue weighted by Gasteiger charge is 2.02. The van der Waals surface area contributed by atoms with E-state index in [1.54, 1.807) is 0 Å². The molecule has 1 N–H and O–H groups in total. The smallest absolute Gasteiger partial charge is 0.0313 e. The van der Waals surface area contributed by atoms with Crippen LogP contribution in [0.3, 0.4) is 0 Å². The topological polar surface area (TPSA) is 15.3 Å². The summed E-state index contributed by atoms with van der Waals surface area (Å²) in [7, 11) is 6.04. The van der Waals surface area contributed by atoms with Crippen LogP contribution in [0.2, 0.25) is 0 Å². The van der Waals surface area contributed by atoms with Crippen molar-refractivity contribution in [2.45, 2.75) is 13.8 Å². The van der Waals surface area contributed by atoms with E-state index in [1.807, 2.05) is 13.2 Å². The van der Waals surface area contributed by atoms with Crippen LogP contribution in [0.4, 0.5) is 0 Å². The molecule has 0 aromatic rings. The lowest BCUT2D eigenvalue weighted by molar-refractivity contribution is 0.442. The predicted octanol–water partition coefficient (Wildman–Crippen LogP) is 1.26. The molecule has 0 atom stereocenters. The number of rotatable bonds is 3. The third-order valence-corrected chi connectivity index (χ3v) is 1.40. The van der Waals surface area contributed by atoms with Gasteiger partial charge in [0.25, 0.3) is 0 Å². The van der Waals surface area contributed by atoms with Crippen molar-refractivity contribution in [3.63, 3.8) is 0 Å². The molecule has 0 aliphatic rings. The van der Waals surface area contributed by atoms with Crippen LogP contribution in [0.15, 0.2) is 11.9 Å². The summed E-state index contributed by atoms with van der Waals surface area (Å²) in [5.41, 5.74) is 1.32. The van der Waals surface area contributed by atoms with Gasteiger partial charge in [-0.2, -0.15) is 0 Å². The van der Waals surface area contributed by atoms with E-state index >= 15 is 0 Å². The first-order valence-electron chi connectivity index (χ1n) is 3.64. The third kappa shape index (κ3) is 2.76. The van der Waals surface area contributed by atoms with Gasteiger partial charge in [0, 0.05) is 33.0 Å². The first-order valence-corrected chi connectivity index (χ1v) is 3.64. The van der Waals surface area contributed by atoms with Gasteiger partial charge in [-0.15, -0.1) is 0 Å². The Balaban J connectivity index is 4.12. The van der Waals surface area contributed by atoms with Gasteiger partial charge < -0.3 is 10.2 Å². The van der Waals surface area contributed by atoms with E-state index in [9.17, 15) is 0 Å². The van der Waals surface area contributed by atoms with Crippen molar-refractivity contribution in [1.82, 2.24) is 10.2 Å². The van der Waals surface area contributed by atoms with Crippen molar-refractivity contribution < 1.29 is 0 Å². The van der Waals surface area contributed by atoms with Gasteiger partial charge >= 0.3 is 0 Å². The highest BCUT2D eigenvalue weighted by molar-refractivity contribution is 5.00. The van der Waals surface area contributed by atoms with Gasteiger partial charge in [-0.1, -0.05) is 13.8 Å². The fourth-order valence-electron chi connectivity index (χ4n) is 0.960. The molecule has 0 unspecified atom stereocenters. The second-order valence-electron chi connectivity index (χ2n) is 2.91. The summed E-state index contributed by atoms with van der Waals surface area (Å²) in [6, 6.07) is 0. The molecule has 0 radical (unpaired) electrons. The van der Waals surface area contributed by atoms with Crippen molar-refractivity contribution in [2.24, 2.45) is 5.92 Å². The summed E-state index contributed by atoms with van der Waals surface area (Å²) in [5.74, 6) is 0.586. The summed E-state index contributed by atoms with van der Waals surface area (Å²) in [6.45, 7) is 4.37. The molecule has 0 aliphatic carbocycles. The monoisotopic (exact) mass is 142 g/mol. The van der Waals surface area contributed by atoms with E-state index in [1.165, 1.54) is 5.70 Å². The summed E-state index contributed by atoms with van der Waals surface area (Å²) < 4.78 is 0. The molecule has 60 valence electrons. The van der Waals surface area contributed by atoms with E-state index in [2.05, 4.69) is 38.2 Å². The zero-order chi connectivity index (χ0) is 8.15. The molecule has 0 saturated carbocycles. The van der Waals surface area contributed by atoms with Crippen molar-refractivity contribution in [3.05, 3.63) is 11.9 Å². The maximum Gasteiger partial charge on any atom is 0.0313 e. The number of hydrogen-bond donors (Lipinski definition) is 1. The van der Waals surface area contributed by atoms with Crippen LogP contribution < -0.4 is 5.32 Å². The number of hydrogen-bond acceptors (Lipinski definition) is 2. The Morgan fingerprint density at radius 3 is 2.00 bits per heavy atom. The Labute approximate surface area is 63.9 Å². The van der Waals surface area contributed by atoms with E-state index in [0.29, 0.717) is 5.92 Å². The molecule has 10 heavy (non-hydrogen) atoms. The highest BCUT2D eigenvalue weighted by atomic mass is 15.1. The summed E-state index contributed by atoms with van der Waals surface area (Å²) >= 11 is 0. The molecule has 0 heterocycles. The molecule has 0 fully saturated rings. The molecule has 0 bridgehead atoms. The molecule has 0 rings (SSSR count). The highest BCUT2D eigenvalue weighted by Crippen LogP contribution is 2.09. The van der Waals surface area contributed by atoms with E-state index < -0.39 is 0 Å². The van der Waals surface area contributed by atoms with Crippen molar-refractivity contribution in [2.75, 3.05) is 21.1 Å². The lowest BCUT2D eigenvalue weighted by Crippen LogP contribution is -2.18. The minimum atomic E-state index is 0.586. The maximum atomic E-state index is 3.03. The zero-order valence-electron chi connectivity index (χ0n) is 7.60. The van der Waals surface area contributed by atoms with Crippen molar-refractivity contribution in [3.8, 4) is 0 Å². The van der Waals surface area contributed by atoms with Crippen LogP contribution in [0.5, 0.6) is 0 Å². The maximum absolute atomic E-state index is 3.03. The normalized spacial score (nSPS) is 12.0. The molecule has 0 spiro atoms. The third-order valence-electron chi connectivity index (χ3n) is 1.40. The molecule has 2 heteroatoms. The average Bonchev–Trinajstić information content (AvgIpc) is 1.81. The van der Waals surface area contributed by atoms with E-state index in [4.69, 9.17) is 0 Å². The molecule has 2 nitrogen and oxygen atoms in total. The Morgan fingerprint density at radius 2 is 1.90 bits per heavy atom. The van der Waals surface area contributed by atoms with Crippen molar-refractivity contribution >= 4 is 0 Å². The minimum absolute atomic E-state index is 0.586. The minimum Gasteiger partial charge on any atom is -0.393 e. The molecule has 0 saturated heterocycles. The Hall–Kier alpha value is -0.660. The first-order chi connectivity index (χ1) is 4.59. The van der Waals surface area contributed by atoms with E-state index in [-0.39, 0.29) is 0 Å².